The van der Waals surface area contributed by atoms with Gasteiger partial charge in [0.15, 0.2) is 18.1 Å². The van der Waals surface area contributed by atoms with Gasteiger partial charge in [0, 0.05) is 75.0 Å². The van der Waals surface area contributed by atoms with Gasteiger partial charge >= 0.3 is 0 Å². The van der Waals surface area contributed by atoms with Crippen LogP contribution in [0.5, 0.6) is 5.75 Å². The molecule has 5 amide bonds. The minimum Gasteiger partial charge on any atom is -0.484 e. The monoisotopic (exact) mass is 741 g/mol. The number of fused-ring (bicyclic) bond motifs is 2. The van der Waals surface area contributed by atoms with Crippen LogP contribution in [-0.4, -0.2) is 106 Å². The second kappa shape index (κ2) is 15.0. The molecule has 5 heterocycles. The van der Waals surface area contributed by atoms with Gasteiger partial charge in [-0.25, -0.2) is 9.97 Å². The van der Waals surface area contributed by atoms with Crippen LogP contribution in [0.25, 0.3) is 16.9 Å². The molecule has 0 aliphatic carbocycles. The second-order valence-electron chi connectivity index (χ2n) is 13.8. The molecule has 3 aromatic carbocycles. The largest absolute Gasteiger partial charge is 0.484 e. The van der Waals surface area contributed by atoms with Gasteiger partial charge in [0.25, 0.3) is 17.7 Å². The van der Waals surface area contributed by atoms with Crippen molar-refractivity contribution in [3.8, 4) is 17.0 Å². The van der Waals surface area contributed by atoms with E-state index in [4.69, 9.17) is 9.72 Å². The second-order valence-corrected chi connectivity index (χ2v) is 13.8. The van der Waals surface area contributed by atoms with Crippen LogP contribution in [0.2, 0.25) is 0 Å². The summed E-state index contributed by atoms with van der Waals surface area (Å²) < 4.78 is 7.68. The first-order valence-corrected chi connectivity index (χ1v) is 18.2. The average Bonchev–Trinajstić information content (AvgIpc) is 3.78. The number of carbonyl (C=O) groups is 5. The number of hydrogen-bond acceptors (Lipinski definition) is 11. The SMILES string of the molecule is Cc1cccc(-c2cnc(Nc3cccc(N4CCN(CCNC(=O)COc5ccc6c(c5)C(=O)N(C5CCC(=O)NC5=O)C6=O)CC4)c3)c3nccn23)c1. The zero-order chi connectivity index (χ0) is 38.1. The lowest BCUT2D eigenvalue weighted by molar-refractivity contribution is -0.136. The number of carbonyl (C=O) groups excluding carboxylic acids is 5. The molecule has 3 aliphatic heterocycles. The van der Waals surface area contributed by atoms with E-state index in [2.05, 4.69) is 68.0 Å². The number of imidazole rings is 1. The first kappa shape index (κ1) is 35.4. The zero-order valence-electron chi connectivity index (χ0n) is 30.2. The molecule has 15 nitrogen and oxygen atoms in total. The van der Waals surface area contributed by atoms with Gasteiger partial charge in [0.05, 0.1) is 23.0 Å². The van der Waals surface area contributed by atoms with Gasteiger partial charge in [-0.3, -0.25) is 43.5 Å². The van der Waals surface area contributed by atoms with Crippen molar-refractivity contribution in [2.45, 2.75) is 25.8 Å². The third-order valence-corrected chi connectivity index (χ3v) is 10.1. The molecule has 0 bridgehead atoms. The minimum absolute atomic E-state index is 0.0391. The fourth-order valence-corrected chi connectivity index (χ4v) is 7.26. The molecule has 8 rings (SSSR count). The summed E-state index contributed by atoms with van der Waals surface area (Å²) >= 11 is 0. The number of amides is 5. The summed E-state index contributed by atoms with van der Waals surface area (Å²) in [7, 11) is 0. The van der Waals surface area contributed by atoms with E-state index in [9.17, 15) is 24.0 Å². The van der Waals surface area contributed by atoms with Gasteiger partial charge in [-0.2, -0.15) is 0 Å². The Morgan fingerprint density at radius 1 is 0.927 bits per heavy atom. The van der Waals surface area contributed by atoms with Crippen LogP contribution in [0.15, 0.2) is 85.3 Å². The molecule has 15 heteroatoms. The van der Waals surface area contributed by atoms with Gasteiger partial charge < -0.3 is 20.3 Å². The third kappa shape index (κ3) is 7.33. The van der Waals surface area contributed by atoms with Crippen LogP contribution < -0.4 is 25.6 Å². The average molecular weight is 742 g/mol. The number of hydrogen-bond donors (Lipinski definition) is 3. The molecule has 2 aromatic heterocycles. The van der Waals surface area contributed by atoms with E-state index >= 15 is 0 Å². The number of aryl methyl sites for hydroxylation is 1. The van der Waals surface area contributed by atoms with Crippen molar-refractivity contribution < 1.29 is 28.7 Å². The quantitative estimate of drug-likeness (QED) is 0.170. The van der Waals surface area contributed by atoms with E-state index in [1.165, 1.54) is 23.8 Å². The zero-order valence-corrected chi connectivity index (χ0v) is 30.2. The molecule has 55 heavy (non-hydrogen) atoms. The minimum atomic E-state index is -1.05. The standard InChI is InChI=1S/C40H39N9O6/c1-25-4-2-5-26(20-25)33-23-43-36(37-42-13-15-48(33)37)44-27-6-3-7-28(21-27)47-18-16-46(17-19-47)14-12-41-35(51)24-55-29-8-9-30-31(22-29)40(54)49(39(30)53)32-10-11-34(50)45-38(32)52/h2-9,13,15,20-23,32H,10-12,14,16-19,24H2,1H3,(H,41,51)(H,43,44)(H,45,50,52). The van der Waals surface area contributed by atoms with Crippen molar-refractivity contribution in [1.29, 1.82) is 0 Å². The lowest BCUT2D eigenvalue weighted by atomic mass is 10.0. The van der Waals surface area contributed by atoms with Crippen LogP contribution in [0, 0.1) is 6.92 Å². The highest BCUT2D eigenvalue weighted by Gasteiger charge is 2.44. The fourth-order valence-electron chi connectivity index (χ4n) is 7.26. The number of anilines is 3. The maximum absolute atomic E-state index is 13.1. The molecule has 2 saturated heterocycles. The predicted octanol–water partition coefficient (Wildman–Crippen LogP) is 3.17. The Morgan fingerprint density at radius 3 is 2.56 bits per heavy atom. The van der Waals surface area contributed by atoms with Crippen LogP contribution in [-0.2, 0) is 14.4 Å². The summed E-state index contributed by atoms with van der Waals surface area (Å²) in [4.78, 5) is 77.3. The van der Waals surface area contributed by atoms with Crippen LogP contribution in [0.3, 0.4) is 0 Å². The van der Waals surface area contributed by atoms with Gasteiger partial charge in [0.1, 0.15) is 11.8 Å². The molecule has 0 saturated carbocycles. The molecule has 2 fully saturated rings. The van der Waals surface area contributed by atoms with E-state index in [1.807, 2.05) is 35.0 Å². The maximum atomic E-state index is 13.1. The fraction of sp³-hybridized carbons (Fsp3) is 0.275. The predicted molar refractivity (Wildman–Crippen MR) is 203 cm³/mol. The molecule has 1 atom stereocenters. The van der Waals surface area contributed by atoms with E-state index in [0.29, 0.717) is 18.9 Å². The Hall–Kier alpha value is -6.61. The Balaban J connectivity index is 0.793. The molecule has 280 valence electrons. The summed E-state index contributed by atoms with van der Waals surface area (Å²) in [6.07, 6.45) is 5.70. The maximum Gasteiger partial charge on any atom is 0.262 e. The van der Waals surface area contributed by atoms with E-state index < -0.39 is 29.7 Å². The number of benzene rings is 3. The van der Waals surface area contributed by atoms with E-state index in [-0.39, 0.29) is 42.2 Å². The van der Waals surface area contributed by atoms with Crippen LogP contribution in [0.1, 0.15) is 39.1 Å². The number of imide groups is 2. The van der Waals surface area contributed by atoms with Gasteiger partial charge in [-0.1, -0.05) is 29.8 Å². The number of piperazine rings is 1. The number of piperidine rings is 1. The first-order chi connectivity index (χ1) is 26.7. The Kier molecular flexibility index (Phi) is 9.68. The third-order valence-electron chi connectivity index (χ3n) is 10.1. The lowest BCUT2D eigenvalue weighted by Crippen LogP contribution is -2.54. The molecule has 1 unspecified atom stereocenters. The summed E-state index contributed by atoms with van der Waals surface area (Å²) in [5.74, 6) is -1.75. The highest BCUT2D eigenvalue weighted by atomic mass is 16.5. The topological polar surface area (TPSA) is 171 Å². The number of rotatable bonds is 11. The normalized spacial score (nSPS) is 17.4. The summed E-state index contributed by atoms with van der Waals surface area (Å²) in [6.45, 7) is 6.24. The van der Waals surface area contributed by atoms with Crippen molar-refractivity contribution >= 4 is 52.4 Å². The molecule has 3 N–H and O–H groups in total. The van der Waals surface area contributed by atoms with E-state index in [1.54, 1.807) is 6.20 Å². The lowest BCUT2D eigenvalue weighted by Gasteiger charge is -2.36. The Morgan fingerprint density at radius 2 is 1.75 bits per heavy atom. The molecule has 3 aliphatic rings. The van der Waals surface area contributed by atoms with Crippen molar-refractivity contribution in [3.63, 3.8) is 0 Å². The van der Waals surface area contributed by atoms with Gasteiger partial charge in [-0.05, 0) is 55.8 Å². The molecule has 5 aromatic rings. The van der Waals surface area contributed by atoms with Crippen molar-refractivity contribution in [2.75, 3.05) is 56.1 Å². The highest BCUT2D eigenvalue weighted by molar-refractivity contribution is 6.23. The van der Waals surface area contributed by atoms with E-state index in [0.717, 1.165) is 59.4 Å². The van der Waals surface area contributed by atoms with Crippen LogP contribution >= 0.6 is 0 Å². The number of nitrogens with zero attached hydrogens (tertiary/aromatic N) is 6. The van der Waals surface area contributed by atoms with Crippen molar-refractivity contribution in [2.24, 2.45) is 0 Å². The summed E-state index contributed by atoms with van der Waals surface area (Å²) in [6, 6.07) is 19.9. The molecular formula is C40H39N9O6. The van der Waals surface area contributed by atoms with Crippen molar-refractivity contribution in [1.82, 2.24) is 34.8 Å². The van der Waals surface area contributed by atoms with Gasteiger partial charge in [-0.15, -0.1) is 0 Å². The van der Waals surface area contributed by atoms with Crippen molar-refractivity contribution in [3.05, 3.63) is 102 Å². The Bertz CT molecular complexity index is 2330. The van der Waals surface area contributed by atoms with Gasteiger partial charge in [0.2, 0.25) is 11.8 Å². The number of aromatic nitrogens is 3. The highest BCUT2D eigenvalue weighted by Crippen LogP contribution is 2.31. The molecule has 0 spiro atoms. The Labute approximate surface area is 316 Å². The van der Waals surface area contributed by atoms with Crippen LogP contribution in [0.4, 0.5) is 17.2 Å². The molecular weight excluding hydrogens is 702 g/mol. The summed E-state index contributed by atoms with van der Waals surface area (Å²) in [5, 5.41) is 8.53. The number of nitrogens with one attached hydrogen (secondary N) is 3. The summed E-state index contributed by atoms with van der Waals surface area (Å²) in [5.41, 5.74) is 6.22. The molecule has 0 radical (unpaired) electrons. The first-order valence-electron chi connectivity index (χ1n) is 18.2. The smallest absolute Gasteiger partial charge is 0.262 e. The number of ether oxygens (including phenoxy) is 1.